The van der Waals surface area contributed by atoms with Gasteiger partial charge in [-0.05, 0) is 24.3 Å². The molecule has 0 unspecified atom stereocenters. The van der Waals surface area contributed by atoms with Gasteiger partial charge in [-0.25, -0.2) is 0 Å². The molecule has 0 aromatic heterocycles. The Morgan fingerprint density at radius 1 is 0.964 bits per heavy atom. The number of nitrogens with zero attached hydrogens (tertiary/aromatic N) is 1. The fourth-order valence-electron chi connectivity index (χ4n) is 3.48. The maximum atomic E-state index is 12.4. The predicted molar refractivity (Wildman–Crippen MR) is 109 cm³/mol. The van der Waals surface area contributed by atoms with E-state index in [1.807, 2.05) is 24.3 Å². The van der Waals surface area contributed by atoms with Gasteiger partial charge in [0.2, 0.25) is 0 Å². The van der Waals surface area contributed by atoms with E-state index >= 15 is 0 Å². The summed E-state index contributed by atoms with van der Waals surface area (Å²) < 4.78 is 16.0. The summed E-state index contributed by atoms with van der Waals surface area (Å²) in [6.45, 7) is 4.02. The number of para-hydroxylation sites is 2. The topological polar surface area (TPSA) is 64.5 Å². The second-order valence-corrected chi connectivity index (χ2v) is 6.70. The van der Waals surface area contributed by atoms with Crippen LogP contribution in [0.15, 0.2) is 42.5 Å². The van der Waals surface area contributed by atoms with Crippen molar-refractivity contribution in [3.05, 3.63) is 42.5 Å². The summed E-state index contributed by atoms with van der Waals surface area (Å²) in [4.78, 5) is 16.0. The molecular weight excluding hydrogens is 358 g/mol. The molecule has 2 N–H and O–H groups in total. The van der Waals surface area contributed by atoms with Crippen LogP contribution in [0.1, 0.15) is 0 Å². The molecule has 1 saturated heterocycles. The van der Waals surface area contributed by atoms with Gasteiger partial charge < -0.3 is 29.3 Å². The van der Waals surface area contributed by atoms with Crippen molar-refractivity contribution in [1.29, 1.82) is 0 Å². The van der Waals surface area contributed by atoms with Gasteiger partial charge in [0.25, 0.3) is 5.91 Å². The number of rotatable bonds is 7. The molecule has 3 rings (SSSR count). The molecule has 0 atom stereocenters. The molecule has 0 saturated carbocycles. The number of hydrogen-bond donors (Lipinski definition) is 2. The third-order valence-electron chi connectivity index (χ3n) is 4.97. The summed E-state index contributed by atoms with van der Waals surface area (Å²) in [5.74, 6) is 2.11. The Bertz CT molecular complexity index is 804. The van der Waals surface area contributed by atoms with Crippen molar-refractivity contribution in [2.45, 2.75) is 0 Å². The predicted octanol–water partition coefficient (Wildman–Crippen LogP) is 1.06. The third kappa shape index (κ3) is 4.67. The zero-order valence-corrected chi connectivity index (χ0v) is 16.7. The van der Waals surface area contributed by atoms with Gasteiger partial charge in [-0.2, -0.15) is 0 Å². The van der Waals surface area contributed by atoms with Gasteiger partial charge in [-0.1, -0.05) is 12.1 Å². The van der Waals surface area contributed by atoms with E-state index in [1.165, 1.54) is 4.90 Å². The minimum absolute atomic E-state index is 0.00652. The molecule has 0 spiro atoms. The van der Waals surface area contributed by atoms with Crippen molar-refractivity contribution in [2.24, 2.45) is 0 Å². The van der Waals surface area contributed by atoms with E-state index in [4.69, 9.17) is 14.2 Å². The number of piperazine rings is 1. The number of anilines is 2. The largest absolute Gasteiger partial charge is 0.495 e. The average Bonchev–Trinajstić information content (AvgIpc) is 2.74. The zero-order chi connectivity index (χ0) is 19.9. The number of quaternary nitrogens is 1. The molecule has 0 radical (unpaired) electrons. The van der Waals surface area contributed by atoms with Gasteiger partial charge in [0.05, 0.1) is 53.2 Å². The first kappa shape index (κ1) is 19.8. The molecule has 1 heterocycles. The Labute approximate surface area is 165 Å². The number of carbonyl (C=O) groups excluding carboxylic acids is 1. The van der Waals surface area contributed by atoms with Gasteiger partial charge in [-0.3, -0.25) is 4.79 Å². The molecule has 7 heteroatoms. The fraction of sp³-hybridized carbons (Fsp3) is 0.381. The molecule has 2 aromatic carbocycles. The monoisotopic (exact) mass is 386 g/mol. The number of benzene rings is 2. The van der Waals surface area contributed by atoms with Crippen LogP contribution in [0.5, 0.6) is 17.2 Å². The Morgan fingerprint density at radius 2 is 1.64 bits per heavy atom. The Morgan fingerprint density at radius 3 is 2.32 bits per heavy atom. The molecule has 1 aliphatic heterocycles. The molecule has 150 valence electrons. The highest BCUT2D eigenvalue weighted by Crippen LogP contribution is 2.29. The lowest BCUT2D eigenvalue weighted by atomic mass is 10.2. The Hall–Kier alpha value is -2.93. The summed E-state index contributed by atoms with van der Waals surface area (Å²) in [5, 5.41) is 2.95. The van der Waals surface area contributed by atoms with Gasteiger partial charge >= 0.3 is 0 Å². The van der Waals surface area contributed by atoms with Crippen LogP contribution in [-0.2, 0) is 4.79 Å². The maximum Gasteiger partial charge on any atom is 0.279 e. The first-order chi connectivity index (χ1) is 13.6. The minimum Gasteiger partial charge on any atom is -0.495 e. The third-order valence-corrected chi connectivity index (χ3v) is 4.97. The highest BCUT2D eigenvalue weighted by atomic mass is 16.5. The van der Waals surface area contributed by atoms with Crippen molar-refractivity contribution in [2.75, 3.05) is 64.3 Å². The lowest BCUT2D eigenvalue weighted by molar-refractivity contribution is -0.892. The van der Waals surface area contributed by atoms with Crippen molar-refractivity contribution >= 4 is 17.3 Å². The van der Waals surface area contributed by atoms with Crippen LogP contribution in [0.3, 0.4) is 0 Å². The van der Waals surface area contributed by atoms with E-state index in [-0.39, 0.29) is 5.91 Å². The van der Waals surface area contributed by atoms with Crippen LogP contribution in [0.4, 0.5) is 11.4 Å². The summed E-state index contributed by atoms with van der Waals surface area (Å²) in [7, 11) is 4.86. The highest BCUT2D eigenvalue weighted by molar-refractivity contribution is 5.91. The maximum absolute atomic E-state index is 12.4. The van der Waals surface area contributed by atoms with Gasteiger partial charge in [0.15, 0.2) is 18.0 Å². The molecular formula is C21H28N3O4+. The number of carbonyl (C=O) groups is 1. The van der Waals surface area contributed by atoms with Gasteiger partial charge in [0.1, 0.15) is 5.75 Å². The van der Waals surface area contributed by atoms with Crippen LogP contribution in [0.25, 0.3) is 0 Å². The number of ether oxygens (including phenoxy) is 3. The Kier molecular flexibility index (Phi) is 6.60. The smallest absolute Gasteiger partial charge is 0.279 e. The van der Waals surface area contributed by atoms with Crippen molar-refractivity contribution in [3.8, 4) is 17.2 Å². The second kappa shape index (κ2) is 9.32. The highest BCUT2D eigenvalue weighted by Gasteiger charge is 2.24. The Balaban J connectivity index is 1.52. The lowest BCUT2D eigenvalue weighted by Crippen LogP contribution is -3.15. The van der Waals surface area contributed by atoms with E-state index in [0.717, 1.165) is 37.6 Å². The van der Waals surface area contributed by atoms with Crippen LogP contribution in [0, 0.1) is 0 Å². The molecule has 0 bridgehead atoms. The summed E-state index contributed by atoms with van der Waals surface area (Å²) >= 11 is 0. The van der Waals surface area contributed by atoms with Gasteiger partial charge in [0, 0.05) is 11.8 Å². The van der Waals surface area contributed by atoms with Crippen LogP contribution in [0.2, 0.25) is 0 Å². The molecule has 2 aromatic rings. The molecule has 1 aliphatic rings. The van der Waals surface area contributed by atoms with Crippen LogP contribution < -0.4 is 29.3 Å². The first-order valence-corrected chi connectivity index (χ1v) is 9.38. The molecule has 7 nitrogen and oxygen atoms in total. The number of amides is 1. The number of nitrogens with one attached hydrogen (secondary N) is 2. The standard InChI is InChI=1S/C21H27N3O4/c1-26-18-7-5-4-6-17(18)24-12-10-23(11-13-24)15-21(25)22-16-8-9-19(27-2)20(14-16)28-3/h4-9,14H,10-13,15H2,1-3H3,(H,22,25)/p+1. The van der Waals surface area contributed by atoms with Crippen molar-refractivity contribution in [3.63, 3.8) is 0 Å². The molecule has 1 fully saturated rings. The molecule has 0 aliphatic carbocycles. The summed E-state index contributed by atoms with van der Waals surface area (Å²) in [6, 6.07) is 13.4. The number of methoxy groups -OCH3 is 3. The van der Waals surface area contributed by atoms with E-state index in [1.54, 1.807) is 33.5 Å². The van der Waals surface area contributed by atoms with E-state index in [9.17, 15) is 4.79 Å². The average molecular weight is 386 g/mol. The van der Waals surface area contributed by atoms with Gasteiger partial charge in [-0.15, -0.1) is 0 Å². The normalized spacial score (nSPS) is 14.5. The van der Waals surface area contributed by atoms with E-state index < -0.39 is 0 Å². The van der Waals surface area contributed by atoms with E-state index in [2.05, 4.69) is 16.3 Å². The summed E-state index contributed by atoms with van der Waals surface area (Å²) in [6.07, 6.45) is 0. The van der Waals surface area contributed by atoms with Crippen LogP contribution >= 0.6 is 0 Å². The van der Waals surface area contributed by atoms with E-state index in [0.29, 0.717) is 23.7 Å². The molecule has 1 amide bonds. The SMILES string of the molecule is COc1ccc(NC(=O)C[NH+]2CCN(c3ccccc3OC)CC2)cc1OC. The van der Waals surface area contributed by atoms with Crippen molar-refractivity contribution in [1.82, 2.24) is 0 Å². The zero-order valence-electron chi connectivity index (χ0n) is 16.7. The second-order valence-electron chi connectivity index (χ2n) is 6.70. The lowest BCUT2D eigenvalue weighted by Gasteiger charge is -2.34. The quantitative estimate of drug-likeness (QED) is 0.745. The number of hydrogen-bond acceptors (Lipinski definition) is 5. The fourth-order valence-corrected chi connectivity index (χ4v) is 3.48. The minimum atomic E-state index is -0.00652. The summed E-state index contributed by atoms with van der Waals surface area (Å²) in [5.41, 5.74) is 1.81. The van der Waals surface area contributed by atoms with Crippen LogP contribution in [-0.4, -0.2) is 60.0 Å². The first-order valence-electron chi connectivity index (χ1n) is 9.38. The molecule has 28 heavy (non-hydrogen) atoms. The van der Waals surface area contributed by atoms with Crippen molar-refractivity contribution < 1.29 is 23.9 Å².